The molecular weight excluding hydrogens is 354 g/mol. The Morgan fingerprint density at radius 3 is 1.96 bits per heavy atom. The van der Waals surface area contributed by atoms with Crippen molar-refractivity contribution in [3.05, 3.63) is 41.3 Å². The van der Waals surface area contributed by atoms with Crippen LogP contribution in [-0.2, 0) is 24.9 Å². The Balaban J connectivity index is 1.97. The lowest BCUT2D eigenvalue weighted by molar-refractivity contribution is 0.0590. The summed E-state index contributed by atoms with van der Waals surface area (Å²) in [5.74, 6) is -0.325. The molecule has 0 radical (unpaired) electrons. The van der Waals surface area contributed by atoms with Crippen molar-refractivity contribution in [2.75, 3.05) is 54.4 Å². The molecule has 152 valence electrons. The first-order valence-electron chi connectivity index (χ1n) is 9.67. The standard InChI is InChI=1S/C21H31N5O2/c1-23-8-10-24(2)14-17-12-16(13-18(22-17)15-25(3)11-9-23)19-6-7-20(26(19)4)21(27)28-5/h6-7,12-13H,8-11,14-15H2,1-5H3. The van der Waals surface area contributed by atoms with Crippen LogP contribution in [0.25, 0.3) is 11.3 Å². The highest BCUT2D eigenvalue weighted by atomic mass is 16.5. The highest BCUT2D eigenvalue weighted by Crippen LogP contribution is 2.24. The SMILES string of the molecule is COC(=O)c1ccc(-c2cc3nc(c2)CN(C)CCN(C)CCN(C)C3)n1C. The molecular formula is C21H31N5O2. The van der Waals surface area contributed by atoms with Crippen molar-refractivity contribution in [1.82, 2.24) is 24.3 Å². The normalized spacial score (nSPS) is 17.8. The molecule has 0 spiro atoms. The monoisotopic (exact) mass is 385 g/mol. The summed E-state index contributed by atoms with van der Waals surface area (Å²) in [4.78, 5) is 23.9. The largest absolute Gasteiger partial charge is 0.464 e. The molecule has 0 unspecified atom stereocenters. The molecule has 28 heavy (non-hydrogen) atoms. The summed E-state index contributed by atoms with van der Waals surface area (Å²) in [6.45, 7) is 5.67. The fourth-order valence-electron chi connectivity index (χ4n) is 3.58. The maximum absolute atomic E-state index is 12.0. The zero-order chi connectivity index (χ0) is 20.3. The van der Waals surface area contributed by atoms with E-state index in [4.69, 9.17) is 9.72 Å². The van der Waals surface area contributed by atoms with Crippen LogP contribution in [0.15, 0.2) is 24.3 Å². The average Bonchev–Trinajstić information content (AvgIpc) is 3.04. The Labute approximate surface area is 167 Å². The summed E-state index contributed by atoms with van der Waals surface area (Å²) in [7, 11) is 9.76. The summed E-state index contributed by atoms with van der Waals surface area (Å²) >= 11 is 0. The second-order valence-corrected chi connectivity index (χ2v) is 7.77. The Morgan fingerprint density at radius 2 is 1.43 bits per heavy atom. The zero-order valence-corrected chi connectivity index (χ0v) is 17.6. The van der Waals surface area contributed by atoms with Gasteiger partial charge < -0.3 is 14.2 Å². The van der Waals surface area contributed by atoms with Gasteiger partial charge in [-0.15, -0.1) is 0 Å². The van der Waals surface area contributed by atoms with Crippen LogP contribution in [0.3, 0.4) is 0 Å². The molecule has 3 rings (SSSR count). The lowest BCUT2D eigenvalue weighted by Crippen LogP contribution is -2.36. The van der Waals surface area contributed by atoms with E-state index in [9.17, 15) is 4.79 Å². The Hall–Kier alpha value is -2.22. The molecule has 0 N–H and O–H groups in total. The summed E-state index contributed by atoms with van der Waals surface area (Å²) < 4.78 is 6.78. The summed E-state index contributed by atoms with van der Waals surface area (Å²) in [5, 5.41) is 0. The van der Waals surface area contributed by atoms with Crippen LogP contribution in [0.5, 0.6) is 0 Å². The number of methoxy groups -OCH3 is 1. The van der Waals surface area contributed by atoms with Crippen molar-refractivity contribution in [2.45, 2.75) is 13.1 Å². The quantitative estimate of drug-likeness (QED) is 0.734. The van der Waals surface area contributed by atoms with Gasteiger partial charge in [-0.2, -0.15) is 0 Å². The van der Waals surface area contributed by atoms with E-state index in [1.54, 1.807) is 0 Å². The van der Waals surface area contributed by atoms with E-state index in [-0.39, 0.29) is 5.97 Å². The fraction of sp³-hybridized carbons (Fsp3) is 0.524. The molecule has 0 saturated heterocycles. The van der Waals surface area contributed by atoms with Gasteiger partial charge in [0.2, 0.25) is 0 Å². The van der Waals surface area contributed by atoms with Crippen molar-refractivity contribution in [2.24, 2.45) is 7.05 Å². The number of hydrogen-bond donors (Lipinski definition) is 0. The van der Waals surface area contributed by atoms with E-state index < -0.39 is 0 Å². The molecule has 0 aliphatic carbocycles. The van der Waals surface area contributed by atoms with Crippen LogP contribution in [0.2, 0.25) is 0 Å². The number of hydrogen-bond acceptors (Lipinski definition) is 6. The summed E-state index contributed by atoms with van der Waals surface area (Å²) in [6, 6.07) is 8.05. The van der Waals surface area contributed by atoms with E-state index in [1.807, 2.05) is 23.7 Å². The van der Waals surface area contributed by atoms with Crippen molar-refractivity contribution in [3.63, 3.8) is 0 Å². The van der Waals surface area contributed by atoms with Gasteiger partial charge in [-0.1, -0.05) is 0 Å². The molecule has 2 bridgehead atoms. The van der Waals surface area contributed by atoms with E-state index in [1.165, 1.54) is 7.11 Å². The third kappa shape index (κ3) is 4.79. The second-order valence-electron chi connectivity index (χ2n) is 7.77. The van der Waals surface area contributed by atoms with Crippen LogP contribution in [0.1, 0.15) is 21.9 Å². The molecule has 0 fully saturated rings. The smallest absolute Gasteiger partial charge is 0.354 e. The van der Waals surface area contributed by atoms with Crippen LogP contribution < -0.4 is 0 Å². The highest BCUT2D eigenvalue weighted by molar-refractivity contribution is 5.89. The number of pyridine rings is 1. The van der Waals surface area contributed by atoms with Crippen molar-refractivity contribution < 1.29 is 9.53 Å². The molecule has 0 atom stereocenters. The van der Waals surface area contributed by atoms with E-state index in [0.29, 0.717) is 5.69 Å². The van der Waals surface area contributed by atoms with Crippen molar-refractivity contribution in [3.8, 4) is 11.3 Å². The second kappa shape index (κ2) is 8.86. The molecule has 7 heteroatoms. The Bertz CT molecular complexity index is 798. The number of aromatic nitrogens is 2. The molecule has 2 aromatic heterocycles. The summed E-state index contributed by atoms with van der Waals surface area (Å²) in [6.07, 6.45) is 0. The Kier molecular flexibility index (Phi) is 6.49. The fourth-order valence-corrected chi connectivity index (χ4v) is 3.58. The first-order valence-corrected chi connectivity index (χ1v) is 9.67. The van der Waals surface area contributed by atoms with Crippen LogP contribution in [0, 0.1) is 0 Å². The minimum absolute atomic E-state index is 0.325. The van der Waals surface area contributed by atoms with Gasteiger partial charge in [0.05, 0.1) is 18.5 Å². The number of ether oxygens (including phenoxy) is 1. The van der Waals surface area contributed by atoms with Gasteiger partial charge in [0.25, 0.3) is 0 Å². The number of rotatable bonds is 2. The van der Waals surface area contributed by atoms with Gasteiger partial charge in [-0.3, -0.25) is 14.8 Å². The number of nitrogens with zero attached hydrogens (tertiary/aromatic N) is 5. The number of carbonyl (C=O) groups is 1. The topological polar surface area (TPSA) is 53.8 Å². The van der Waals surface area contributed by atoms with Crippen LogP contribution >= 0.6 is 0 Å². The Morgan fingerprint density at radius 1 is 0.893 bits per heavy atom. The zero-order valence-electron chi connectivity index (χ0n) is 17.6. The molecule has 1 aliphatic heterocycles. The van der Waals surface area contributed by atoms with Gasteiger partial charge in [0.1, 0.15) is 5.69 Å². The molecule has 0 saturated carbocycles. The van der Waals surface area contributed by atoms with E-state index >= 15 is 0 Å². The van der Waals surface area contributed by atoms with Gasteiger partial charge >= 0.3 is 5.97 Å². The van der Waals surface area contributed by atoms with Crippen molar-refractivity contribution >= 4 is 5.97 Å². The highest BCUT2D eigenvalue weighted by Gasteiger charge is 2.17. The molecule has 0 amide bonds. The number of fused-ring (bicyclic) bond motifs is 2. The summed E-state index contributed by atoms with van der Waals surface area (Å²) in [5.41, 5.74) is 4.71. The van der Waals surface area contributed by atoms with Crippen LogP contribution in [-0.4, -0.2) is 84.7 Å². The van der Waals surface area contributed by atoms with Crippen molar-refractivity contribution in [1.29, 1.82) is 0 Å². The predicted molar refractivity (Wildman–Crippen MR) is 110 cm³/mol. The first-order chi connectivity index (χ1) is 13.4. The van der Waals surface area contributed by atoms with Gasteiger partial charge in [0.15, 0.2) is 0 Å². The number of esters is 1. The average molecular weight is 386 g/mol. The first kappa shape index (κ1) is 20.5. The minimum Gasteiger partial charge on any atom is -0.464 e. The third-order valence-electron chi connectivity index (χ3n) is 5.33. The van der Waals surface area contributed by atoms with Gasteiger partial charge in [-0.05, 0) is 45.4 Å². The minimum atomic E-state index is -0.325. The predicted octanol–water partition coefficient (Wildman–Crippen LogP) is 1.68. The maximum atomic E-state index is 12.0. The molecule has 2 aromatic rings. The lowest BCUT2D eigenvalue weighted by atomic mass is 10.1. The molecule has 3 heterocycles. The maximum Gasteiger partial charge on any atom is 0.354 e. The van der Waals surface area contributed by atoms with Gasteiger partial charge in [0, 0.05) is 57.6 Å². The lowest BCUT2D eigenvalue weighted by Gasteiger charge is -2.26. The van der Waals surface area contributed by atoms with Gasteiger partial charge in [-0.25, -0.2) is 4.79 Å². The third-order valence-corrected chi connectivity index (χ3v) is 5.33. The van der Waals surface area contributed by atoms with E-state index in [0.717, 1.165) is 61.9 Å². The number of likely N-dealkylation sites (N-methyl/N-ethyl adjacent to an activating group) is 3. The molecule has 7 nitrogen and oxygen atoms in total. The van der Waals surface area contributed by atoms with E-state index in [2.05, 4.69) is 48.0 Å². The molecule has 1 aliphatic rings. The molecule has 0 aromatic carbocycles. The van der Waals surface area contributed by atoms with Crippen LogP contribution in [0.4, 0.5) is 0 Å². The number of carbonyl (C=O) groups excluding carboxylic acids is 1.